The molecular formula is C20H18N2O2. The zero-order chi connectivity index (χ0) is 16.4. The number of aryl methyl sites for hydroxylation is 2. The van der Waals surface area contributed by atoms with E-state index in [1.807, 2.05) is 36.4 Å². The molecule has 1 N–H and O–H groups in total. The second-order valence-electron chi connectivity index (χ2n) is 6.07. The van der Waals surface area contributed by atoms with Crippen LogP contribution in [-0.4, -0.2) is 10.9 Å². The molecule has 1 amide bonds. The Balaban J connectivity index is 1.42. The Labute approximate surface area is 140 Å². The van der Waals surface area contributed by atoms with Crippen LogP contribution < -0.4 is 5.32 Å². The predicted molar refractivity (Wildman–Crippen MR) is 92.7 cm³/mol. The minimum absolute atomic E-state index is 0.0825. The van der Waals surface area contributed by atoms with Crippen molar-refractivity contribution in [2.24, 2.45) is 0 Å². The van der Waals surface area contributed by atoms with Crippen LogP contribution in [0.25, 0.3) is 11.5 Å². The summed E-state index contributed by atoms with van der Waals surface area (Å²) in [5, 5.41) is 2.95. The van der Waals surface area contributed by atoms with Crippen molar-refractivity contribution in [3.63, 3.8) is 0 Å². The van der Waals surface area contributed by atoms with Gasteiger partial charge < -0.3 is 9.73 Å². The summed E-state index contributed by atoms with van der Waals surface area (Å²) >= 11 is 0. The molecule has 0 fully saturated rings. The Bertz CT molecular complexity index is 868. The molecule has 0 bridgehead atoms. The number of anilines is 1. The van der Waals surface area contributed by atoms with E-state index < -0.39 is 0 Å². The molecule has 120 valence electrons. The highest BCUT2D eigenvalue weighted by Gasteiger charge is 2.13. The van der Waals surface area contributed by atoms with Gasteiger partial charge in [0.25, 0.3) is 0 Å². The second kappa shape index (κ2) is 6.32. The Morgan fingerprint density at radius 2 is 1.92 bits per heavy atom. The van der Waals surface area contributed by atoms with Crippen LogP contribution in [-0.2, 0) is 24.1 Å². The van der Waals surface area contributed by atoms with Crippen molar-refractivity contribution >= 4 is 11.6 Å². The summed E-state index contributed by atoms with van der Waals surface area (Å²) in [6, 6.07) is 15.8. The average molecular weight is 318 g/mol. The van der Waals surface area contributed by atoms with Gasteiger partial charge >= 0.3 is 0 Å². The molecule has 1 aliphatic carbocycles. The first-order valence-corrected chi connectivity index (χ1v) is 8.19. The fourth-order valence-electron chi connectivity index (χ4n) is 3.12. The first-order chi connectivity index (χ1) is 11.8. The summed E-state index contributed by atoms with van der Waals surface area (Å²) in [5.74, 6) is 0.455. The molecule has 1 aliphatic rings. The number of nitrogens with one attached hydrogen (secondary N) is 1. The van der Waals surface area contributed by atoms with Crippen molar-refractivity contribution < 1.29 is 9.21 Å². The van der Waals surface area contributed by atoms with Gasteiger partial charge in [-0.1, -0.05) is 24.3 Å². The van der Waals surface area contributed by atoms with Gasteiger partial charge in [0.15, 0.2) is 0 Å². The molecule has 0 saturated carbocycles. The molecule has 0 atom stereocenters. The van der Waals surface area contributed by atoms with Gasteiger partial charge in [0.1, 0.15) is 6.26 Å². The molecule has 3 aromatic rings. The smallest absolute Gasteiger partial charge is 0.230 e. The predicted octanol–water partition coefficient (Wildman–Crippen LogP) is 4.01. The molecule has 0 aliphatic heterocycles. The van der Waals surface area contributed by atoms with Crippen LogP contribution in [0.15, 0.2) is 59.2 Å². The highest BCUT2D eigenvalue weighted by Crippen LogP contribution is 2.25. The van der Waals surface area contributed by atoms with Crippen LogP contribution in [0.5, 0.6) is 0 Å². The maximum atomic E-state index is 12.2. The van der Waals surface area contributed by atoms with Gasteiger partial charge in [-0.2, -0.15) is 0 Å². The van der Waals surface area contributed by atoms with Gasteiger partial charge in [0.05, 0.1) is 12.1 Å². The molecule has 2 aromatic carbocycles. The van der Waals surface area contributed by atoms with Crippen molar-refractivity contribution in [3.05, 3.63) is 71.6 Å². The van der Waals surface area contributed by atoms with Crippen molar-refractivity contribution in [3.8, 4) is 11.5 Å². The number of carbonyl (C=O) groups is 1. The summed E-state index contributed by atoms with van der Waals surface area (Å²) in [6.07, 6.45) is 5.19. The van der Waals surface area contributed by atoms with E-state index in [0.717, 1.165) is 24.1 Å². The molecule has 1 heterocycles. The molecule has 4 nitrogen and oxygen atoms in total. The summed E-state index contributed by atoms with van der Waals surface area (Å²) in [4.78, 5) is 16.6. The standard InChI is InChI=1S/C20H18N2O2/c23-19(21-17-10-9-14-7-4-8-16(14)11-17)12-18-13-24-20(22-18)15-5-2-1-3-6-15/h1-3,5-6,9-11,13H,4,7-8,12H2,(H,21,23). The lowest BCUT2D eigenvalue weighted by Gasteiger charge is -2.06. The first-order valence-electron chi connectivity index (χ1n) is 8.19. The maximum absolute atomic E-state index is 12.2. The van der Waals surface area contributed by atoms with E-state index in [1.54, 1.807) is 6.26 Å². The fourth-order valence-corrected chi connectivity index (χ4v) is 3.12. The number of hydrogen-bond donors (Lipinski definition) is 1. The third-order valence-electron chi connectivity index (χ3n) is 4.30. The largest absolute Gasteiger partial charge is 0.444 e. The molecule has 0 spiro atoms. The number of carbonyl (C=O) groups excluding carboxylic acids is 1. The van der Waals surface area contributed by atoms with E-state index >= 15 is 0 Å². The van der Waals surface area contributed by atoms with Crippen LogP contribution in [0.1, 0.15) is 23.2 Å². The van der Waals surface area contributed by atoms with E-state index in [-0.39, 0.29) is 12.3 Å². The SMILES string of the molecule is O=C(Cc1coc(-c2ccccc2)n1)Nc1ccc2c(c1)CCC2. The third-order valence-corrected chi connectivity index (χ3v) is 4.30. The minimum atomic E-state index is -0.0825. The van der Waals surface area contributed by atoms with Crippen LogP contribution in [0.4, 0.5) is 5.69 Å². The van der Waals surface area contributed by atoms with Gasteiger partial charge in [-0.3, -0.25) is 4.79 Å². The van der Waals surface area contributed by atoms with Gasteiger partial charge in [-0.05, 0) is 54.7 Å². The highest BCUT2D eigenvalue weighted by molar-refractivity contribution is 5.92. The minimum Gasteiger partial charge on any atom is -0.444 e. The van der Waals surface area contributed by atoms with E-state index in [9.17, 15) is 4.79 Å². The average Bonchev–Trinajstić information content (AvgIpc) is 3.24. The number of fused-ring (bicyclic) bond motifs is 1. The van der Waals surface area contributed by atoms with Crippen LogP contribution in [0, 0.1) is 0 Å². The van der Waals surface area contributed by atoms with Crippen molar-refractivity contribution in [1.82, 2.24) is 4.98 Å². The molecule has 1 aromatic heterocycles. The maximum Gasteiger partial charge on any atom is 0.230 e. The number of hydrogen-bond acceptors (Lipinski definition) is 3. The zero-order valence-electron chi connectivity index (χ0n) is 13.3. The molecule has 4 rings (SSSR count). The van der Waals surface area contributed by atoms with Crippen LogP contribution in [0.2, 0.25) is 0 Å². The number of oxazole rings is 1. The van der Waals surface area contributed by atoms with E-state index in [0.29, 0.717) is 11.6 Å². The zero-order valence-corrected chi connectivity index (χ0v) is 13.3. The Morgan fingerprint density at radius 1 is 1.08 bits per heavy atom. The van der Waals surface area contributed by atoms with Gasteiger partial charge in [-0.15, -0.1) is 0 Å². The number of rotatable bonds is 4. The normalized spacial score (nSPS) is 12.8. The topological polar surface area (TPSA) is 55.1 Å². The molecule has 24 heavy (non-hydrogen) atoms. The summed E-state index contributed by atoms with van der Waals surface area (Å²) in [7, 11) is 0. The molecule has 0 unspecified atom stereocenters. The van der Waals surface area contributed by atoms with E-state index in [2.05, 4.69) is 22.4 Å². The van der Waals surface area contributed by atoms with Crippen LogP contribution in [0.3, 0.4) is 0 Å². The Morgan fingerprint density at radius 3 is 2.79 bits per heavy atom. The monoisotopic (exact) mass is 318 g/mol. The molecule has 0 radical (unpaired) electrons. The lowest BCUT2D eigenvalue weighted by Crippen LogP contribution is -2.14. The quantitative estimate of drug-likeness (QED) is 0.790. The van der Waals surface area contributed by atoms with Crippen molar-refractivity contribution in [1.29, 1.82) is 0 Å². The highest BCUT2D eigenvalue weighted by atomic mass is 16.3. The van der Waals surface area contributed by atoms with Crippen molar-refractivity contribution in [2.75, 3.05) is 5.32 Å². The van der Waals surface area contributed by atoms with Crippen LogP contribution >= 0.6 is 0 Å². The summed E-state index contributed by atoms with van der Waals surface area (Å²) < 4.78 is 5.47. The number of benzene rings is 2. The first kappa shape index (κ1) is 14.7. The van der Waals surface area contributed by atoms with Crippen molar-refractivity contribution in [2.45, 2.75) is 25.7 Å². The lowest BCUT2D eigenvalue weighted by atomic mass is 10.1. The van der Waals surface area contributed by atoms with E-state index in [1.165, 1.54) is 17.5 Å². The molecule has 0 saturated heterocycles. The second-order valence-corrected chi connectivity index (χ2v) is 6.07. The van der Waals surface area contributed by atoms with E-state index in [4.69, 9.17) is 4.42 Å². The van der Waals surface area contributed by atoms with Gasteiger partial charge in [-0.25, -0.2) is 4.98 Å². The van der Waals surface area contributed by atoms with Gasteiger partial charge in [0.2, 0.25) is 11.8 Å². The summed E-state index contributed by atoms with van der Waals surface area (Å²) in [6.45, 7) is 0. The Hall–Kier alpha value is -2.88. The third kappa shape index (κ3) is 3.08. The summed E-state index contributed by atoms with van der Waals surface area (Å²) in [5.41, 5.74) is 5.14. The van der Waals surface area contributed by atoms with Gasteiger partial charge in [0, 0.05) is 11.3 Å². The fraction of sp³-hybridized carbons (Fsp3) is 0.200. The lowest BCUT2D eigenvalue weighted by molar-refractivity contribution is -0.115. The Kier molecular flexibility index (Phi) is 3.87. The number of nitrogens with zero attached hydrogens (tertiary/aromatic N) is 1. The molecule has 4 heteroatoms. The number of amides is 1. The molecular weight excluding hydrogens is 300 g/mol. The number of aromatic nitrogens is 1.